The molecule has 5 heteroatoms. The Morgan fingerprint density at radius 3 is 2.45 bits per heavy atom. The number of carbonyl (C=O) groups excluding carboxylic acids is 2. The lowest BCUT2D eigenvalue weighted by molar-refractivity contribution is -0.131. The van der Waals surface area contributed by atoms with E-state index in [2.05, 4.69) is 0 Å². The Hall–Kier alpha value is -0.940. The molecule has 0 heterocycles. The van der Waals surface area contributed by atoms with Gasteiger partial charge in [0.2, 0.25) is 5.91 Å². The minimum atomic E-state index is -1.40. The maximum Gasteiger partial charge on any atom is 0.223 e. The Labute approximate surface area is 63.8 Å². The second-order valence-electron chi connectivity index (χ2n) is 2.15. The van der Waals surface area contributed by atoms with Gasteiger partial charge in [0.15, 0.2) is 0 Å². The van der Waals surface area contributed by atoms with E-state index in [0.717, 1.165) is 0 Å². The number of hydrogen-bond acceptors (Lipinski definition) is 4. The van der Waals surface area contributed by atoms with Crippen LogP contribution >= 0.6 is 0 Å². The van der Waals surface area contributed by atoms with Crippen molar-refractivity contribution in [1.82, 2.24) is 0 Å². The average Bonchev–Trinajstić information content (AvgIpc) is 1.98. The molecule has 0 fully saturated rings. The largest absolute Gasteiger partial charge is 0.396 e. The number of nitrogens with two attached hydrogens (primary N) is 1. The van der Waals surface area contributed by atoms with Crippen LogP contribution < -0.4 is 5.73 Å². The Morgan fingerprint density at radius 2 is 2.18 bits per heavy atom. The maximum atomic E-state index is 10.5. The first kappa shape index (κ1) is 10.1. The van der Waals surface area contributed by atoms with Crippen molar-refractivity contribution in [2.75, 3.05) is 6.61 Å². The highest BCUT2D eigenvalue weighted by Gasteiger charge is 2.23. The molecule has 0 saturated heterocycles. The number of rotatable bonds is 5. The van der Waals surface area contributed by atoms with Crippen LogP contribution in [0.4, 0.5) is 0 Å². The summed E-state index contributed by atoms with van der Waals surface area (Å²) >= 11 is 0. The molecule has 0 aromatic rings. The van der Waals surface area contributed by atoms with Crippen LogP contribution in [0.3, 0.4) is 0 Å². The van der Waals surface area contributed by atoms with Gasteiger partial charge in [-0.2, -0.15) is 0 Å². The van der Waals surface area contributed by atoms with Crippen molar-refractivity contribution in [3.63, 3.8) is 0 Å². The van der Waals surface area contributed by atoms with Crippen molar-refractivity contribution in [3.05, 3.63) is 0 Å². The van der Waals surface area contributed by atoms with Crippen LogP contribution in [0.15, 0.2) is 0 Å². The quantitative estimate of drug-likeness (QED) is 0.407. The SMILES string of the molecule is NC(=O)C(CCO)C(O)C=O. The van der Waals surface area contributed by atoms with Gasteiger partial charge in [-0.1, -0.05) is 0 Å². The zero-order valence-corrected chi connectivity index (χ0v) is 5.93. The van der Waals surface area contributed by atoms with Gasteiger partial charge in [-0.3, -0.25) is 4.79 Å². The molecule has 2 unspecified atom stereocenters. The summed E-state index contributed by atoms with van der Waals surface area (Å²) < 4.78 is 0. The first-order valence-electron chi connectivity index (χ1n) is 3.17. The molecular formula is C6H11NO4. The molecule has 0 aromatic carbocycles. The molecule has 0 aromatic heterocycles. The topological polar surface area (TPSA) is 101 Å². The molecule has 2 atom stereocenters. The lowest BCUT2D eigenvalue weighted by Crippen LogP contribution is -2.35. The van der Waals surface area contributed by atoms with Crippen molar-refractivity contribution in [2.45, 2.75) is 12.5 Å². The van der Waals surface area contributed by atoms with E-state index in [1.54, 1.807) is 0 Å². The Balaban J connectivity index is 4.08. The standard InChI is InChI=1S/C6H11NO4/c7-6(11)4(1-2-8)5(10)3-9/h3-5,8,10H,1-2H2,(H2,7,11). The van der Waals surface area contributed by atoms with Gasteiger partial charge >= 0.3 is 0 Å². The van der Waals surface area contributed by atoms with Crippen LogP contribution in [-0.4, -0.2) is 35.1 Å². The summed E-state index contributed by atoms with van der Waals surface area (Å²) in [5.41, 5.74) is 4.83. The Morgan fingerprint density at radius 1 is 1.64 bits per heavy atom. The summed E-state index contributed by atoms with van der Waals surface area (Å²) in [7, 11) is 0. The van der Waals surface area contributed by atoms with E-state index in [1.165, 1.54) is 0 Å². The van der Waals surface area contributed by atoms with Crippen LogP contribution in [0, 0.1) is 5.92 Å². The van der Waals surface area contributed by atoms with E-state index in [0.29, 0.717) is 0 Å². The van der Waals surface area contributed by atoms with Crippen LogP contribution in [0.2, 0.25) is 0 Å². The molecule has 0 aliphatic rings. The summed E-state index contributed by atoms with van der Waals surface area (Å²) in [6.07, 6.45) is -1.17. The highest BCUT2D eigenvalue weighted by Crippen LogP contribution is 2.05. The summed E-state index contributed by atoms with van der Waals surface area (Å²) in [4.78, 5) is 20.5. The van der Waals surface area contributed by atoms with E-state index in [-0.39, 0.29) is 19.3 Å². The fourth-order valence-corrected chi connectivity index (χ4v) is 0.715. The molecule has 11 heavy (non-hydrogen) atoms. The monoisotopic (exact) mass is 161 g/mol. The van der Waals surface area contributed by atoms with Gasteiger partial charge in [-0.05, 0) is 6.42 Å². The molecule has 0 aliphatic carbocycles. The number of amides is 1. The van der Waals surface area contributed by atoms with Gasteiger partial charge in [0.1, 0.15) is 12.4 Å². The van der Waals surface area contributed by atoms with Gasteiger partial charge in [-0.15, -0.1) is 0 Å². The van der Waals surface area contributed by atoms with Crippen molar-refractivity contribution >= 4 is 12.2 Å². The predicted octanol–water partition coefficient (Wildman–Crippen LogP) is -1.97. The smallest absolute Gasteiger partial charge is 0.223 e. The lowest BCUT2D eigenvalue weighted by atomic mass is 9.99. The van der Waals surface area contributed by atoms with Crippen LogP contribution in [0.5, 0.6) is 0 Å². The number of hydrogen-bond donors (Lipinski definition) is 3. The van der Waals surface area contributed by atoms with Gasteiger partial charge in [-0.25, -0.2) is 0 Å². The minimum Gasteiger partial charge on any atom is -0.396 e. The summed E-state index contributed by atoms with van der Waals surface area (Å²) in [6, 6.07) is 0. The highest BCUT2D eigenvalue weighted by atomic mass is 16.3. The van der Waals surface area contributed by atoms with Crippen LogP contribution in [-0.2, 0) is 9.59 Å². The number of primary amides is 1. The van der Waals surface area contributed by atoms with Crippen molar-refractivity contribution in [3.8, 4) is 0 Å². The maximum absolute atomic E-state index is 10.5. The highest BCUT2D eigenvalue weighted by molar-refractivity contribution is 5.80. The second kappa shape index (κ2) is 4.81. The second-order valence-corrected chi connectivity index (χ2v) is 2.15. The summed E-state index contributed by atoms with van der Waals surface area (Å²) in [5.74, 6) is -1.75. The van der Waals surface area contributed by atoms with E-state index >= 15 is 0 Å². The molecule has 1 amide bonds. The molecule has 5 nitrogen and oxygen atoms in total. The third kappa shape index (κ3) is 3.10. The average molecular weight is 161 g/mol. The molecule has 0 aliphatic heterocycles. The Bertz CT molecular complexity index is 148. The van der Waals surface area contributed by atoms with E-state index < -0.39 is 17.9 Å². The number of aldehydes is 1. The van der Waals surface area contributed by atoms with Gasteiger partial charge in [0.05, 0.1) is 5.92 Å². The zero-order valence-electron chi connectivity index (χ0n) is 5.93. The number of aliphatic hydroxyl groups excluding tert-OH is 2. The van der Waals surface area contributed by atoms with Crippen molar-refractivity contribution in [2.24, 2.45) is 11.7 Å². The molecule has 4 N–H and O–H groups in total. The van der Waals surface area contributed by atoms with Crippen LogP contribution in [0.1, 0.15) is 6.42 Å². The van der Waals surface area contributed by atoms with E-state index in [1.807, 2.05) is 0 Å². The normalized spacial score (nSPS) is 15.5. The Kier molecular flexibility index (Phi) is 4.40. The first-order valence-corrected chi connectivity index (χ1v) is 3.17. The van der Waals surface area contributed by atoms with Gasteiger partial charge in [0.25, 0.3) is 0 Å². The fraction of sp³-hybridized carbons (Fsp3) is 0.667. The van der Waals surface area contributed by atoms with Crippen LogP contribution in [0.25, 0.3) is 0 Å². The summed E-state index contributed by atoms with van der Waals surface area (Å²) in [5, 5.41) is 17.2. The minimum absolute atomic E-state index is 0.00917. The van der Waals surface area contributed by atoms with Gasteiger partial charge in [0, 0.05) is 6.61 Å². The van der Waals surface area contributed by atoms with Crippen molar-refractivity contribution in [1.29, 1.82) is 0 Å². The van der Waals surface area contributed by atoms with E-state index in [4.69, 9.17) is 15.9 Å². The van der Waals surface area contributed by atoms with Gasteiger partial charge < -0.3 is 20.7 Å². The molecule has 0 spiro atoms. The molecule has 0 saturated carbocycles. The molecule has 0 radical (unpaired) electrons. The third-order valence-electron chi connectivity index (χ3n) is 1.36. The zero-order chi connectivity index (χ0) is 8.85. The molecular weight excluding hydrogens is 150 g/mol. The summed E-state index contributed by atoms with van der Waals surface area (Å²) in [6.45, 7) is -0.279. The molecule has 0 rings (SSSR count). The van der Waals surface area contributed by atoms with Crippen molar-refractivity contribution < 1.29 is 19.8 Å². The first-order chi connectivity index (χ1) is 5.13. The number of carbonyl (C=O) groups is 2. The van der Waals surface area contributed by atoms with E-state index in [9.17, 15) is 9.59 Å². The molecule has 64 valence electrons. The fourth-order valence-electron chi connectivity index (χ4n) is 0.715. The molecule has 0 bridgehead atoms. The number of aliphatic hydroxyl groups is 2. The third-order valence-corrected chi connectivity index (χ3v) is 1.36. The predicted molar refractivity (Wildman–Crippen MR) is 36.5 cm³/mol. The lowest BCUT2D eigenvalue weighted by Gasteiger charge is -2.12.